The number of carboxylic acid groups (broad SMARTS) is 1. The van der Waals surface area contributed by atoms with Crippen LogP contribution in [0.15, 0.2) is 18.2 Å². The smallest absolute Gasteiger partial charge is 0.335 e. The number of hydrogen-bond acceptors (Lipinski definition) is 4. The van der Waals surface area contributed by atoms with Crippen LogP contribution in [0.3, 0.4) is 0 Å². The largest absolute Gasteiger partial charge is 0.493 e. The highest BCUT2D eigenvalue weighted by Gasteiger charge is 2.39. The van der Waals surface area contributed by atoms with Gasteiger partial charge in [-0.25, -0.2) is 4.79 Å². The third-order valence-corrected chi connectivity index (χ3v) is 3.71. The second-order valence-electron chi connectivity index (χ2n) is 4.88. The minimum atomic E-state index is -1.72. The number of aliphatic carboxylic acids is 1. The summed E-state index contributed by atoms with van der Waals surface area (Å²) in [6.07, 6.45) is 0.605. The van der Waals surface area contributed by atoms with E-state index in [1.54, 1.807) is 40.2 Å². The number of rotatable bonds is 7. The first-order valence-corrected chi connectivity index (χ1v) is 6.55. The topological polar surface area (TPSA) is 76.0 Å². The summed E-state index contributed by atoms with van der Waals surface area (Å²) in [5.41, 5.74) is -0.823. The van der Waals surface area contributed by atoms with Crippen molar-refractivity contribution in [1.29, 1.82) is 0 Å². The fraction of sp³-hybridized carbons (Fsp3) is 0.533. The standard InChI is InChI=1S/C15H22O5/c1-5-15(18,14(16)17)10(2)8-11-6-7-12(19-3)13(9-11)20-4/h6-7,9-10,18H,5,8H2,1-4H3,(H,16,17). The van der Waals surface area contributed by atoms with Gasteiger partial charge < -0.3 is 19.7 Å². The molecule has 0 radical (unpaired) electrons. The van der Waals surface area contributed by atoms with Crippen molar-refractivity contribution in [2.75, 3.05) is 14.2 Å². The molecule has 1 rings (SSSR count). The second-order valence-corrected chi connectivity index (χ2v) is 4.88. The third kappa shape index (κ3) is 3.22. The van der Waals surface area contributed by atoms with Gasteiger partial charge in [0.15, 0.2) is 17.1 Å². The Bertz CT molecular complexity index is 471. The maximum absolute atomic E-state index is 11.2. The molecule has 0 spiro atoms. The van der Waals surface area contributed by atoms with E-state index >= 15 is 0 Å². The fourth-order valence-electron chi connectivity index (χ4n) is 2.24. The van der Waals surface area contributed by atoms with Crippen LogP contribution in [-0.2, 0) is 11.2 Å². The number of carbonyl (C=O) groups is 1. The number of methoxy groups -OCH3 is 2. The molecule has 0 aliphatic carbocycles. The van der Waals surface area contributed by atoms with Crippen LogP contribution in [0.4, 0.5) is 0 Å². The Morgan fingerprint density at radius 3 is 2.35 bits per heavy atom. The Morgan fingerprint density at radius 1 is 1.30 bits per heavy atom. The van der Waals surface area contributed by atoms with Crippen LogP contribution < -0.4 is 9.47 Å². The van der Waals surface area contributed by atoms with Gasteiger partial charge in [0.2, 0.25) is 0 Å². The lowest BCUT2D eigenvalue weighted by atomic mass is 9.82. The van der Waals surface area contributed by atoms with Gasteiger partial charge in [-0.2, -0.15) is 0 Å². The second kappa shape index (κ2) is 6.61. The van der Waals surface area contributed by atoms with Crippen molar-refractivity contribution >= 4 is 5.97 Å². The molecule has 0 aromatic heterocycles. The molecular formula is C15H22O5. The highest BCUT2D eigenvalue weighted by atomic mass is 16.5. The van der Waals surface area contributed by atoms with E-state index in [0.29, 0.717) is 17.9 Å². The van der Waals surface area contributed by atoms with Crippen LogP contribution in [0.25, 0.3) is 0 Å². The third-order valence-electron chi connectivity index (χ3n) is 3.71. The first-order chi connectivity index (χ1) is 9.38. The van der Waals surface area contributed by atoms with Crippen LogP contribution in [0.2, 0.25) is 0 Å². The number of carboxylic acids is 1. The van der Waals surface area contributed by atoms with Crippen molar-refractivity contribution in [3.8, 4) is 11.5 Å². The summed E-state index contributed by atoms with van der Waals surface area (Å²) < 4.78 is 10.4. The van der Waals surface area contributed by atoms with Gasteiger partial charge >= 0.3 is 5.97 Å². The summed E-state index contributed by atoms with van der Waals surface area (Å²) in [5, 5.41) is 19.4. The van der Waals surface area contributed by atoms with Crippen molar-refractivity contribution in [1.82, 2.24) is 0 Å². The Balaban J connectivity index is 2.96. The molecule has 0 saturated heterocycles. The molecule has 0 fully saturated rings. The van der Waals surface area contributed by atoms with Crippen molar-refractivity contribution in [3.05, 3.63) is 23.8 Å². The van der Waals surface area contributed by atoms with Gasteiger partial charge in [-0.15, -0.1) is 0 Å². The summed E-state index contributed by atoms with van der Waals surface area (Å²) in [4.78, 5) is 11.2. The first kappa shape index (κ1) is 16.3. The Labute approximate surface area is 119 Å². The molecule has 0 saturated carbocycles. The van der Waals surface area contributed by atoms with Crippen molar-refractivity contribution in [2.45, 2.75) is 32.3 Å². The zero-order valence-corrected chi connectivity index (χ0v) is 12.3. The molecule has 2 atom stereocenters. The van der Waals surface area contributed by atoms with E-state index < -0.39 is 17.5 Å². The molecule has 20 heavy (non-hydrogen) atoms. The molecule has 5 heteroatoms. The average molecular weight is 282 g/mol. The highest BCUT2D eigenvalue weighted by Crippen LogP contribution is 2.31. The number of aliphatic hydroxyl groups is 1. The zero-order chi connectivity index (χ0) is 15.3. The van der Waals surface area contributed by atoms with E-state index in [0.717, 1.165) is 5.56 Å². The molecule has 0 amide bonds. The van der Waals surface area contributed by atoms with Gasteiger partial charge in [-0.3, -0.25) is 0 Å². The fourth-order valence-corrected chi connectivity index (χ4v) is 2.24. The van der Waals surface area contributed by atoms with E-state index in [1.807, 2.05) is 6.07 Å². The molecule has 2 N–H and O–H groups in total. The number of ether oxygens (including phenoxy) is 2. The Kier molecular flexibility index (Phi) is 5.39. The summed E-state index contributed by atoms with van der Waals surface area (Å²) in [7, 11) is 3.10. The maximum Gasteiger partial charge on any atom is 0.335 e. The lowest BCUT2D eigenvalue weighted by Crippen LogP contribution is -2.45. The lowest BCUT2D eigenvalue weighted by Gasteiger charge is -2.29. The summed E-state index contributed by atoms with van der Waals surface area (Å²) >= 11 is 0. The summed E-state index contributed by atoms with van der Waals surface area (Å²) in [5.74, 6) is -0.392. The average Bonchev–Trinajstić information content (AvgIpc) is 2.45. The molecule has 112 valence electrons. The normalized spacial score (nSPS) is 15.2. The molecule has 1 aromatic rings. The molecule has 2 unspecified atom stereocenters. The minimum absolute atomic E-state index is 0.163. The summed E-state index contributed by atoms with van der Waals surface area (Å²) in [6, 6.07) is 5.41. The first-order valence-electron chi connectivity index (χ1n) is 6.55. The van der Waals surface area contributed by atoms with E-state index in [9.17, 15) is 9.90 Å². The van der Waals surface area contributed by atoms with Crippen LogP contribution in [0, 0.1) is 5.92 Å². The zero-order valence-electron chi connectivity index (χ0n) is 12.3. The van der Waals surface area contributed by atoms with Crippen molar-refractivity contribution in [2.24, 2.45) is 5.92 Å². The molecule has 1 aromatic carbocycles. The van der Waals surface area contributed by atoms with E-state index in [4.69, 9.17) is 14.6 Å². The van der Waals surface area contributed by atoms with E-state index in [2.05, 4.69) is 0 Å². The SMILES string of the molecule is CCC(O)(C(=O)O)C(C)Cc1ccc(OC)c(OC)c1. The van der Waals surface area contributed by atoms with Gasteiger partial charge in [-0.05, 0) is 36.5 Å². The van der Waals surface area contributed by atoms with Crippen LogP contribution in [-0.4, -0.2) is 36.0 Å². The van der Waals surface area contributed by atoms with Gasteiger partial charge in [0.05, 0.1) is 14.2 Å². The maximum atomic E-state index is 11.2. The van der Waals surface area contributed by atoms with Crippen LogP contribution >= 0.6 is 0 Å². The van der Waals surface area contributed by atoms with Gasteiger partial charge in [0.25, 0.3) is 0 Å². The predicted molar refractivity (Wildman–Crippen MR) is 75.3 cm³/mol. The minimum Gasteiger partial charge on any atom is -0.493 e. The predicted octanol–water partition coefficient (Wildman–Crippen LogP) is 2.11. The quantitative estimate of drug-likeness (QED) is 0.801. The van der Waals surface area contributed by atoms with Crippen molar-refractivity contribution in [3.63, 3.8) is 0 Å². The highest BCUT2D eigenvalue weighted by molar-refractivity contribution is 5.77. The van der Waals surface area contributed by atoms with E-state index in [-0.39, 0.29) is 6.42 Å². The van der Waals surface area contributed by atoms with Gasteiger partial charge in [0, 0.05) is 0 Å². The number of hydrogen-bond donors (Lipinski definition) is 2. The monoisotopic (exact) mass is 282 g/mol. The molecule has 0 aliphatic rings. The van der Waals surface area contributed by atoms with Crippen LogP contribution in [0.5, 0.6) is 11.5 Å². The van der Waals surface area contributed by atoms with Crippen LogP contribution in [0.1, 0.15) is 25.8 Å². The van der Waals surface area contributed by atoms with E-state index in [1.165, 1.54) is 0 Å². The molecule has 5 nitrogen and oxygen atoms in total. The molecule has 0 bridgehead atoms. The molecule has 0 heterocycles. The van der Waals surface area contributed by atoms with Gasteiger partial charge in [0.1, 0.15) is 0 Å². The number of benzene rings is 1. The summed E-state index contributed by atoms with van der Waals surface area (Å²) in [6.45, 7) is 3.40. The van der Waals surface area contributed by atoms with Gasteiger partial charge in [-0.1, -0.05) is 19.9 Å². The van der Waals surface area contributed by atoms with Crippen molar-refractivity contribution < 1.29 is 24.5 Å². The Morgan fingerprint density at radius 2 is 1.90 bits per heavy atom. The molecular weight excluding hydrogens is 260 g/mol. The lowest BCUT2D eigenvalue weighted by molar-refractivity contribution is -0.164. The Hall–Kier alpha value is -1.75. The molecule has 0 aliphatic heterocycles.